The van der Waals surface area contributed by atoms with Crippen LogP contribution in [0.4, 0.5) is 0 Å². The van der Waals surface area contributed by atoms with Crippen molar-refractivity contribution in [2.45, 2.75) is 13.3 Å². The molecular weight excluding hydrogens is 142 g/mol. The molecule has 1 N–H and O–H groups in total. The summed E-state index contributed by atoms with van der Waals surface area (Å²) >= 11 is 0. The maximum Gasteiger partial charge on any atom is 0.335 e. The van der Waals surface area contributed by atoms with E-state index in [1.807, 2.05) is 6.07 Å². The lowest BCUT2D eigenvalue weighted by molar-refractivity contribution is -0.132. The Morgan fingerprint density at radius 1 is 1.82 bits per heavy atom. The molecule has 0 aliphatic heterocycles. The summed E-state index contributed by atoms with van der Waals surface area (Å²) < 4.78 is 0. The van der Waals surface area contributed by atoms with Crippen molar-refractivity contribution in [1.29, 1.82) is 5.26 Å². The molecular formula is C8H9NO2. The Morgan fingerprint density at radius 2 is 2.36 bits per heavy atom. The number of rotatable bonds is 3. The van der Waals surface area contributed by atoms with Crippen LogP contribution >= 0.6 is 0 Å². The lowest BCUT2D eigenvalue weighted by Gasteiger charge is -1.91. The van der Waals surface area contributed by atoms with Crippen molar-refractivity contribution in [2.24, 2.45) is 0 Å². The predicted octanol–water partition coefficient (Wildman–Crippen LogP) is 1.49. The average Bonchev–Trinajstić information content (AvgIpc) is 1.99. The number of nitrogens with zero attached hydrogens (tertiary/aromatic N) is 1. The van der Waals surface area contributed by atoms with E-state index in [1.54, 1.807) is 6.92 Å². The van der Waals surface area contributed by atoms with Crippen LogP contribution in [0.15, 0.2) is 23.8 Å². The fourth-order valence-electron chi connectivity index (χ4n) is 0.485. The Balaban J connectivity index is 4.43. The molecule has 0 atom stereocenters. The maximum absolute atomic E-state index is 10.2. The molecule has 0 amide bonds. The topological polar surface area (TPSA) is 61.1 Å². The molecule has 0 aromatic heterocycles. The summed E-state index contributed by atoms with van der Waals surface area (Å²) in [5.41, 5.74) is 0.376. The molecule has 3 heteroatoms. The Kier molecular flexibility index (Phi) is 3.68. The van der Waals surface area contributed by atoms with Crippen LogP contribution in [0.1, 0.15) is 13.3 Å². The zero-order chi connectivity index (χ0) is 8.85. The molecule has 58 valence electrons. The fourth-order valence-corrected chi connectivity index (χ4v) is 0.485. The van der Waals surface area contributed by atoms with Gasteiger partial charge in [-0.2, -0.15) is 5.26 Å². The Labute approximate surface area is 65.3 Å². The van der Waals surface area contributed by atoms with Crippen LogP contribution in [0.25, 0.3) is 0 Å². The highest BCUT2D eigenvalue weighted by atomic mass is 16.4. The number of hydrogen-bond acceptors (Lipinski definition) is 2. The van der Waals surface area contributed by atoms with E-state index in [-0.39, 0.29) is 5.57 Å². The largest absolute Gasteiger partial charge is 0.478 e. The second kappa shape index (κ2) is 4.29. The maximum atomic E-state index is 10.2. The summed E-state index contributed by atoms with van der Waals surface area (Å²) in [4.78, 5) is 10.2. The Hall–Kier alpha value is -1.56. The van der Waals surface area contributed by atoms with Crippen LogP contribution in [0.2, 0.25) is 0 Å². The standard InChI is InChI=1S/C8H9NO2/c1-3-7(5-9)4-6(2)8(10)11/h4H,2-3H2,1H3,(H,10,11). The molecule has 0 fully saturated rings. The van der Waals surface area contributed by atoms with Gasteiger partial charge in [0.1, 0.15) is 0 Å². The Morgan fingerprint density at radius 3 is 2.64 bits per heavy atom. The van der Waals surface area contributed by atoms with Crippen LogP contribution in [-0.2, 0) is 4.79 Å². The van der Waals surface area contributed by atoms with Crippen LogP contribution in [0.3, 0.4) is 0 Å². The van der Waals surface area contributed by atoms with E-state index in [9.17, 15) is 4.79 Å². The van der Waals surface area contributed by atoms with Crippen LogP contribution < -0.4 is 0 Å². The fraction of sp³-hybridized carbons (Fsp3) is 0.250. The van der Waals surface area contributed by atoms with E-state index in [0.717, 1.165) is 0 Å². The monoisotopic (exact) mass is 151 g/mol. The molecule has 0 aliphatic carbocycles. The van der Waals surface area contributed by atoms with Gasteiger partial charge in [-0.05, 0) is 12.5 Å². The molecule has 0 unspecified atom stereocenters. The third-order valence-electron chi connectivity index (χ3n) is 1.15. The van der Waals surface area contributed by atoms with Crippen molar-refractivity contribution in [2.75, 3.05) is 0 Å². The SMILES string of the molecule is C=C(C=C(C#N)CC)C(=O)O. The quantitative estimate of drug-likeness (QED) is 0.377. The molecule has 3 nitrogen and oxygen atoms in total. The lowest BCUT2D eigenvalue weighted by atomic mass is 10.1. The molecule has 0 aromatic carbocycles. The van der Waals surface area contributed by atoms with Gasteiger partial charge >= 0.3 is 5.97 Å². The highest BCUT2D eigenvalue weighted by Gasteiger charge is 2.00. The minimum atomic E-state index is -1.09. The van der Waals surface area contributed by atoms with Gasteiger partial charge in [-0.25, -0.2) is 4.79 Å². The highest BCUT2D eigenvalue weighted by Crippen LogP contribution is 2.03. The zero-order valence-electron chi connectivity index (χ0n) is 6.29. The van der Waals surface area contributed by atoms with Gasteiger partial charge in [0.25, 0.3) is 0 Å². The average molecular weight is 151 g/mol. The first-order chi connectivity index (χ1) is 5.11. The molecule has 0 saturated heterocycles. The smallest absolute Gasteiger partial charge is 0.335 e. The van der Waals surface area contributed by atoms with Crippen molar-refractivity contribution < 1.29 is 9.90 Å². The van der Waals surface area contributed by atoms with Gasteiger partial charge in [0.15, 0.2) is 0 Å². The van der Waals surface area contributed by atoms with Gasteiger partial charge in [0.05, 0.1) is 11.6 Å². The van der Waals surface area contributed by atoms with Gasteiger partial charge in [-0.15, -0.1) is 0 Å². The summed E-state index contributed by atoms with van der Waals surface area (Å²) in [7, 11) is 0. The third kappa shape index (κ3) is 3.21. The van der Waals surface area contributed by atoms with Crippen LogP contribution in [0.5, 0.6) is 0 Å². The van der Waals surface area contributed by atoms with Gasteiger partial charge in [0.2, 0.25) is 0 Å². The molecule has 0 heterocycles. The summed E-state index contributed by atoms with van der Waals surface area (Å²) in [6.07, 6.45) is 1.81. The van der Waals surface area contributed by atoms with Gasteiger partial charge in [-0.3, -0.25) is 0 Å². The minimum absolute atomic E-state index is 0.0524. The van der Waals surface area contributed by atoms with Crippen molar-refractivity contribution >= 4 is 5.97 Å². The van der Waals surface area contributed by atoms with E-state index < -0.39 is 5.97 Å². The first kappa shape index (κ1) is 9.44. The number of nitriles is 1. The minimum Gasteiger partial charge on any atom is -0.478 e. The first-order valence-corrected chi connectivity index (χ1v) is 3.14. The van der Waals surface area contributed by atoms with Crippen molar-refractivity contribution in [3.8, 4) is 6.07 Å². The lowest BCUT2D eigenvalue weighted by Crippen LogP contribution is -1.96. The normalized spacial score (nSPS) is 10.4. The summed E-state index contributed by atoms with van der Waals surface area (Å²) in [5.74, 6) is -1.09. The van der Waals surface area contributed by atoms with Crippen LogP contribution in [-0.4, -0.2) is 11.1 Å². The number of carbonyl (C=O) groups is 1. The summed E-state index contributed by atoms with van der Waals surface area (Å²) in [6.45, 7) is 5.04. The molecule has 0 bridgehead atoms. The molecule has 0 saturated carbocycles. The Bertz CT molecular complexity index is 245. The highest BCUT2D eigenvalue weighted by molar-refractivity contribution is 5.89. The summed E-state index contributed by atoms with van der Waals surface area (Å²) in [5, 5.41) is 16.8. The number of aliphatic carboxylic acids is 1. The molecule has 11 heavy (non-hydrogen) atoms. The van der Waals surface area contributed by atoms with Crippen molar-refractivity contribution in [1.82, 2.24) is 0 Å². The summed E-state index contributed by atoms with van der Waals surface area (Å²) in [6, 6.07) is 1.87. The molecule has 0 spiro atoms. The molecule has 0 aliphatic rings. The van der Waals surface area contributed by atoms with Gasteiger partial charge in [0, 0.05) is 5.57 Å². The van der Waals surface area contributed by atoms with Gasteiger partial charge in [-0.1, -0.05) is 13.5 Å². The first-order valence-electron chi connectivity index (χ1n) is 3.14. The number of carboxylic acid groups (broad SMARTS) is 1. The van der Waals surface area contributed by atoms with Gasteiger partial charge < -0.3 is 5.11 Å². The van der Waals surface area contributed by atoms with Crippen molar-refractivity contribution in [3.63, 3.8) is 0 Å². The zero-order valence-corrected chi connectivity index (χ0v) is 6.29. The van der Waals surface area contributed by atoms with E-state index in [2.05, 4.69) is 6.58 Å². The predicted molar refractivity (Wildman–Crippen MR) is 40.8 cm³/mol. The number of carboxylic acids is 1. The van der Waals surface area contributed by atoms with Crippen LogP contribution in [0, 0.1) is 11.3 Å². The molecule has 0 aromatic rings. The number of hydrogen-bond donors (Lipinski definition) is 1. The molecule has 0 rings (SSSR count). The third-order valence-corrected chi connectivity index (χ3v) is 1.15. The van der Waals surface area contributed by atoms with E-state index in [1.165, 1.54) is 6.08 Å². The second-order valence-electron chi connectivity index (χ2n) is 1.97. The van der Waals surface area contributed by atoms with Crippen molar-refractivity contribution in [3.05, 3.63) is 23.8 Å². The number of allylic oxidation sites excluding steroid dienone is 1. The van der Waals surface area contributed by atoms with E-state index in [4.69, 9.17) is 10.4 Å². The molecule has 0 radical (unpaired) electrons. The second-order valence-corrected chi connectivity index (χ2v) is 1.97. The van der Waals surface area contributed by atoms with E-state index >= 15 is 0 Å². The van der Waals surface area contributed by atoms with E-state index in [0.29, 0.717) is 12.0 Å².